The van der Waals surface area contributed by atoms with Crippen LogP contribution in [0.2, 0.25) is 0 Å². The summed E-state index contributed by atoms with van der Waals surface area (Å²) in [5, 5.41) is 8.76. The third-order valence-electron chi connectivity index (χ3n) is 5.39. The summed E-state index contributed by atoms with van der Waals surface area (Å²) in [6, 6.07) is 14.5. The molecule has 3 heterocycles. The second-order valence-electron chi connectivity index (χ2n) is 7.62. The third-order valence-corrected chi connectivity index (χ3v) is 5.39. The molecule has 0 unspecified atom stereocenters. The lowest BCUT2D eigenvalue weighted by atomic mass is 10.1. The summed E-state index contributed by atoms with van der Waals surface area (Å²) in [6.45, 7) is 1.02. The molecular formula is C23H20N6O3. The van der Waals surface area contributed by atoms with Gasteiger partial charge in [-0.1, -0.05) is 18.2 Å². The van der Waals surface area contributed by atoms with Crippen LogP contribution < -0.4 is 16.0 Å². The first kappa shape index (κ1) is 19.7. The van der Waals surface area contributed by atoms with Gasteiger partial charge in [-0.15, -0.1) is 0 Å². The molecule has 3 amide bonds. The Labute approximate surface area is 183 Å². The number of rotatable bonds is 3. The van der Waals surface area contributed by atoms with E-state index >= 15 is 0 Å². The van der Waals surface area contributed by atoms with Crippen LogP contribution in [0, 0.1) is 0 Å². The summed E-state index contributed by atoms with van der Waals surface area (Å²) < 4.78 is 0. The van der Waals surface area contributed by atoms with Crippen molar-refractivity contribution in [3.63, 3.8) is 0 Å². The number of hydrogen-bond donors (Lipinski definition) is 3. The van der Waals surface area contributed by atoms with Crippen LogP contribution in [-0.4, -0.2) is 52.2 Å². The first-order valence-electron chi connectivity index (χ1n) is 10.2. The van der Waals surface area contributed by atoms with Crippen LogP contribution in [0.25, 0.3) is 11.3 Å². The summed E-state index contributed by atoms with van der Waals surface area (Å²) in [6.07, 6.45) is 1.86. The molecule has 0 saturated carbocycles. The van der Waals surface area contributed by atoms with Crippen molar-refractivity contribution >= 4 is 35.0 Å². The maximum absolute atomic E-state index is 12.6. The lowest BCUT2D eigenvalue weighted by Crippen LogP contribution is -2.49. The van der Waals surface area contributed by atoms with Crippen molar-refractivity contribution in [2.24, 2.45) is 0 Å². The van der Waals surface area contributed by atoms with E-state index in [1.165, 1.54) is 4.90 Å². The molecule has 0 atom stereocenters. The van der Waals surface area contributed by atoms with Crippen LogP contribution in [0.5, 0.6) is 0 Å². The monoisotopic (exact) mass is 428 g/mol. The first-order chi connectivity index (χ1) is 15.6. The molecule has 5 rings (SSSR count). The zero-order chi connectivity index (χ0) is 22.1. The largest absolute Gasteiger partial charge is 0.353 e. The predicted octanol–water partition coefficient (Wildman–Crippen LogP) is 1.95. The smallest absolute Gasteiger partial charge is 0.254 e. The van der Waals surface area contributed by atoms with Crippen molar-refractivity contribution in [1.82, 2.24) is 20.2 Å². The molecule has 160 valence electrons. The van der Waals surface area contributed by atoms with Crippen molar-refractivity contribution < 1.29 is 14.4 Å². The molecule has 1 saturated heterocycles. The van der Waals surface area contributed by atoms with Crippen LogP contribution >= 0.6 is 0 Å². The molecular weight excluding hydrogens is 408 g/mol. The van der Waals surface area contributed by atoms with Gasteiger partial charge in [0.1, 0.15) is 0 Å². The summed E-state index contributed by atoms with van der Waals surface area (Å²) in [5.74, 6) is -0.0465. The predicted molar refractivity (Wildman–Crippen MR) is 118 cm³/mol. The van der Waals surface area contributed by atoms with Gasteiger partial charge in [-0.05, 0) is 30.3 Å². The fourth-order valence-corrected chi connectivity index (χ4v) is 3.82. The Kier molecular flexibility index (Phi) is 4.98. The highest BCUT2D eigenvalue weighted by Gasteiger charge is 2.23. The van der Waals surface area contributed by atoms with E-state index in [-0.39, 0.29) is 30.7 Å². The summed E-state index contributed by atoms with van der Waals surface area (Å²) in [7, 11) is 0. The lowest BCUT2D eigenvalue weighted by molar-refractivity contribution is -0.123. The SMILES string of the molecule is O=C1CN(C(=O)c2ccc(Nc3ncc4c(n3)-c3ccccc3NC(=O)C4)cc2)CCN1. The van der Waals surface area contributed by atoms with Crippen LogP contribution in [0.15, 0.2) is 54.7 Å². The quantitative estimate of drug-likeness (QED) is 0.587. The fourth-order valence-electron chi connectivity index (χ4n) is 3.82. The minimum absolute atomic E-state index is 0.0701. The molecule has 0 aliphatic carbocycles. The number of piperazine rings is 1. The van der Waals surface area contributed by atoms with E-state index in [4.69, 9.17) is 0 Å². The molecule has 1 aromatic heterocycles. The molecule has 9 heteroatoms. The van der Waals surface area contributed by atoms with Crippen molar-refractivity contribution in [3.05, 3.63) is 65.9 Å². The molecule has 0 radical (unpaired) electrons. The zero-order valence-corrected chi connectivity index (χ0v) is 17.1. The Hall–Kier alpha value is -4.27. The molecule has 2 aliphatic heterocycles. The number of hydrogen-bond acceptors (Lipinski definition) is 6. The molecule has 2 aromatic carbocycles. The third kappa shape index (κ3) is 3.87. The Morgan fingerprint density at radius 1 is 1.03 bits per heavy atom. The minimum Gasteiger partial charge on any atom is -0.353 e. The second-order valence-corrected chi connectivity index (χ2v) is 7.62. The zero-order valence-electron chi connectivity index (χ0n) is 17.1. The van der Waals surface area contributed by atoms with Crippen molar-refractivity contribution in [3.8, 4) is 11.3 Å². The molecule has 2 aliphatic rings. The van der Waals surface area contributed by atoms with Gasteiger partial charge in [0.25, 0.3) is 5.91 Å². The highest BCUT2D eigenvalue weighted by Crippen LogP contribution is 2.32. The Morgan fingerprint density at radius 2 is 1.84 bits per heavy atom. The summed E-state index contributed by atoms with van der Waals surface area (Å²) in [5.41, 5.74) is 4.23. The normalized spacial score (nSPS) is 15.1. The number of nitrogens with one attached hydrogen (secondary N) is 3. The first-order valence-corrected chi connectivity index (χ1v) is 10.2. The number of carbonyl (C=O) groups excluding carboxylic acids is 3. The van der Waals surface area contributed by atoms with E-state index in [1.54, 1.807) is 30.5 Å². The maximum Gasteiger partial charge on any atom is 0.254 e. The maximum atomic E-state index is 12.6. The standard InChI is InChI=1S/C23H20N6O3/c30-19-11-15-12-25-23(28-21(15)17-3-1-2-4-18(17)27-19)26-16-7-5-14(6-8-16)22(32)29-10-9-24-20(31)13-29/h1-8,12H,9-11,13H2,(H,24,31)(H,27,30)(H,25,26,28). The van der Waals surface area contributed by atoms with Crippen molar-refractivity contribution in [2.75, 3.05) is 30.3 Å². The van der Waals surface area contributed by atoms with Gasteiger partial charge < -0.3 is 20.9 Å². The number of fused-ring (bicyclic) bond motifs is 3. The molecule has 3 N–H and O–H groups in total. The second kappa shape index (κ2) is 8.10. The van der Waals surface area contributed by atoms with Crippen LogP contribution in [0.4, 0.5) is 17.3 Å². The fraction of sp³-hybridized carbons (Fsp3) is 0.174. The minimum atomic E-state index is -0.179. The van der Waals surface area contributed by atoms with Crippen molar-refractivity contribution in [2.45, 2.75) is 6.42 Å². The van der Waals surface area contributed by atoms with Gasteiger partial charge in [0, 0.05) is 41.7 Å². The van der Waals surface area contributed by atoms with Crippen LogP contribution in [0.1, 0.15) is 15.9 Å². The summed E-state index contributed by atoms with van der Waals surface area (Å²) >= 11 is 0. The van der Waals surface area contributed by atoms with E-state index < -0.39 is 0 Å². The van der Waals surface area contributed by atoms with Gasteiger partial charge in [-0.3, -0.25) is 14.4 Å². The average molecular weight is 428 g/mol. The van der Waals surface area contributed by atoms with Gasteiger partial charge in [-0.25, -0.2) is 9.97 Å². The number of anilines is 3. The Bertz CT molecular complexity index is 1220. The van der Waals surface area contributed by atoms with Gasteiger partial charge >= 0.3 is 0 Å². The van der Waals surface area contributed by atoms with E-state index in [2.05, 4.69) is 25.9 Å². The molecule has 9 nitrogen and oxygen atoms in total. The van der Waals surface area contributed by atoms with Crippen LogP contribution in [-0.2, 0) is 16.0 Å². The van der Waals surface area contributed by atoms with Crippen LogP contribution in [0.3, 0.4) is 0 Å². The number of amides is 3. The van der Waals surface area contributed by atoms with Gasteiger partial charge in [0.2, 0.25) is 17.8 Å². The molecule has 0 spiro atoms. The van der Waals surface area contributed by atoms with Gasteiger partial charge in [0.15, 0.2) is 0 Å². The van der Waals surface area contributed by atoms with E-state index in [9.17, 15) is 14.4 Å². The molecule has 32 heavy (non-hydrogen) atoms. The number of para-hydroxylation sites is 1. The number of benzene rings is 2. The topological polar surface area (TPSA) is 116 Å². The lowest BCUT2D eigenvalue weighted by Gasteiger charge is -2.26. The number of carbonyl (C=O) groups is 3. The highest BCUT2D eigenvalue weighted by atomic mass is 16.2. The molecule has 0 bridgehead atoms. The highest BCUT2D eigenvalue weighted by molar-refractivity contribution is 6.00. The Balaban J connectivity index is 1.37. The van der Waals surface area contributed by atoms with E-state index in [0.29, 0.717) is 36.0 Å². The van der Waals surface area contributed by atoms with Gasteiger partial charge in [-0.2, -0.15) is 0 Å². The van der Waals surface area contributed by atoms with E-state index in [1.807, 2.05) is 24.3 Å². The molecule has 1 fully saturated rings. The molecule has 3 aromatic rings. The van der Waals surface area contributed by atoms with Gasteiger partial charge in [0.05, 0.1) is 24.3 Å². The Morgan fingerprint density at radius 3 is 2.66 bits per heavy atom. The number of nitrogens with zero attached hydrogens (tertiary/aromatic N) is 3. The summed E-state index contributed by atoms with van der Waals surface area (Å²) in [4.78, 5) is 46.9. The number of aromatic nitrogens is 2. The average Bonchev–Trinajstić information content (AvgIpc) is 2.94. The van der Waals surface area contributed by atoms with Crippen molar-refractivity contribution in [1.29, 1.82) is 0 Å². The van der Waals surface area contributed by atoms with E-state index in [0.717, 1.165) is 16.8 Å².